The van der Waals surface area contributed by atoms with Crippen molar-refractivity contribution in [3.63, 3.8) is 0 Å². The number of carbonyl (C=O) groups excluding carboxylic acids is 1. The first-order chi connectivity index (χ1) is 8.13. The molecule has 0 amide bonds. The van der Waals surface area contributed by atoms with Crippen LogP contribution in [0.3, 0.4) is 0 Å². The molecule has 5 heteroatoms. The quantitative estimate of drug-likeness (QED) is 0.734. The zero-order valence-electron chi connectivity index (χ0n) is 10.5. The summed E-state index contributed by atoms with van der Waals surface area (Å²) in [5.41, 5.74) is 0. The van der Waals surface area contributed by atoms with Crippen molar-refractivity contribution in [3.05, 3.63) is 22.4 Å². The number of hydrogen-bond donors (Lipinski definition) is 0. The van der Waals surface area contributed by atoms with E-state index in [0.717, 1.165) is 17.8 Å². The lowest BCUT2D eigenvalue weighted by Gasteiger charge is -2.18. The molecule has 0 bridgehead atoms. The summed E-state index contributed by atoms with van der Waals surface area (Å²) >= 11 is 1.59. The predicted molar refractivity (Wildman–Crippen MR) is 68.3 cm³/mol. The minimum Gasteiger partial charge on any atom is -0.435 e. The van der Waals surface area contributed by atoms with Crippen LogP contribution in [-0.4, -0.2) is 38.3 Å². The smallest absolute Gasteiger partial charge is 0.435 e. The Kier molecular flexibility index (Phi) is 6.00. The van der Waals surface area contributed by atoms with E-state index in [0.29, 0.717) is 6.61 Å². The van der Waals surface area contributed by atoms with Crippen molar-refractivity contribution in [1.29, 1.82) is 0 Å². The van der Waals surface area contributed by atoms with Gasteiger partial charge in [0.05, 0.1) is 6.61 Å². The summed E-state index contributed by atoms with van der Waals surface area (Å²) in [5, 5.41) is 1.98. The molecule has 4 nitrogen and oxygen atoms in total. The highest BCUT2D eigenvalue weighted by atomic mass is 32.1. The molecule has 0 aliphatic carbocycles. The van der Waals surface area contributed by atoms with Crippen molar-refractivity contribution in [3.8, 4) is 0 Å². The van der Waals surface area contributed by atoms with E-state index in [1.807, 2.05) is 31.6 Å². The van der Waals surface area contributed by atoms with Crippen LogP contribution in [-0.2, 0) is 9.47 Å². The third-order valence-electron chi connectivity index (χ3n) is 2.20. The Balaban J connectivity index is 2.56. The van der Waals surface area contributed by atoms with Crippen LogP contribution in [0.4, 0.5) is 4.79 Å². The first-order valence-corrected chi connectivity index (χ1v) is 6.53. The molecule has 1 rings (SSSR count). The van der Waals surface area contributed by atoms with E-state index in [-0.39, 0.29) is 6.10 Å². The predicted octanol–water partition coefficient (Wildman–Crippen LogP) is 2.91. The van der Waals surface area contributed by atoms with Crippen LogP contribution >= 0.6 is 11.3 Å². The van der Waals surface area contributed by atoms with Crippen molar-refractivity contribution < 1.29 is 14.3 Å². The molecule has 96 valence electrons. The lowest BCUT2D eigenvalue weighted by molar-refractivity contribution is 0.0218. The molecule has 1 atom stereocenters. The van der Waals surface area contributed by atoms with Crippen LogP contribution in [0.2, 0.25) is 0 Å². The first-order valence-electron chi connectivity index (χ1n) is 5.65. The Hall–Kier alpha value is -1.07. The van der Waals surface area contributed by atoms with E-state index in [1.165, 1.54) is 0 Å². The van der Waals surface area contributed by atoms with Crippen molar-refractivity contribution >= 4 is 17.5 Å². The lowest BCUT2D eigenvalue weighted by Crippen LogP contribution is -2.19. The van der Waals surface area contributed by atoms with E-state index in [4.69, 9.17) is 9.47 Å². The highest BCUT2D eigenvalue weighted by Crippen LogP contribution is 2.26. The molecule has 0 N–H and O–H groups in total. The van der Waals surface area contributed by atoms with Crippen LogP contribution in [0.15, 0.2) is 17.5 Å². The summed E-state index contributed by atoms with van der Waals surface area (Å²) in [6, 6.07) is 3.93. The maximum absolute atomic E-state index is 11.3. The first kappa shape index (κ1) is 14.0. The number of rotatable bonds is 6. The minimum absolute atomic E-state index is 0.212. The Morgan fingerprint density at radius 3 is 2.82 bits per heavy atom. The highest BCUT2D eigenvalue weighted by Gasteiger charge is 2.18. The Labute approximate surface area is 106 Å². The summed E-state index contributed by atoms with van der Waals surface area (Å²) in [6.45, 7) is 2.97. The van der Waals surface area contributed by atoms with Gasteiger partial charge in [0.2, 0.25) is 0 Å². The van der Waals surface area contributed by atoms with Crippen LogP contribution in [0, 0.1) is 0 Å². The van der Waals surface area contributed by atoms with Gasteiger partial charge in [-0.2, -0.15) is 0 Å². The second kappa shape index (κ2) is 7.29. The topological polar surface area (TPSA) is 38.8 Å². The molecule has 0 radical (unpaired) electrons. The fraction of sp³-hybridized carbons (Fsp3) is 0.583. The van der Waals surface area contributed by atoms with Gasteiger partial charge < -0.3 is 14.4 Å². The van der Waals surface area contributed by atoms with Crippen molar-refractivity contribution in [2.24, 2.45) is 0 Å². The molecule has 1 heterocycles. The Bertz CT molecular complexity index is 325. The van der Waals surface area contributed by atoms with E-state index in [1.54, 1.807) is 18.3 Å². The van der Waals surface area contributed by atoms with Crippen LogP contribution in [0.1, 0.15) is 24.3 Å². The molecular weight excluding hydrogens is 238 g/mol. The van der Waals surface area contributed by atoms with E-state index in [9.17, 15) is 4.79 Å². The van der Waals surface area contributed by atoms with Crippen molar-refractivity contribution in [2.75, 3.05) is 27.2 Å². The zero-order valence-corrected chi connectivity index (χ0v) is 11.3. The fourth-order valence-electron chi connectivity index (χ4n) is 1.38. The number of ether oxygens (including phenoxy) is 2. The van der Waals surface area contributed by atoms with Gasteiger partial charge in [-0.3, -0.25) is 0 Å². The fourth-order valence-corrected chi connectivity index (χ4v) is 2.17. The van der Waals surface area contributed by atoms with E-state index in [2.05, 4.69) is 4.90 Å². The SMILES string of the molecule is CCOC(=O)O[C@H](CCN(C)C)c1cccs1. The average Bonchev–Trinajstić information content (AvgIpc) is 2.77. The highest BCUT2D eigenvalue weighted by molar-refractivity contribution is 7.10. The van der Waals surface area contributed by atoms with Crippen LogP contribution in [0.5, 0.6) is 0 Å². The van der Waals surface area contributed by atoms with Gasteiger partial charge >= 0.3 is 6.16 Å². The van der Waals surface area contributed by atoms with Gasteiger partial charge in [-0.1, -0.05) is 6.07 Å². The standard InChI is InChI=1S/C12H19NO3S/c1-4-15-12(14)16-10(7-8-13(2)3)11-6-5-9-17-11/h5-6,9-10H,4,7-8H2,1-3H3/t10-/m1/s1. The molecule has 0 aliphatic rings. The zero-order chi connectivity index (χ0) is 12.7. The van der Waals surface area contributed by atoms with E-state index < -0.39 is 6.16 Å². The molecule has 0 aliphatic heterocycles. The lowest BCUT2D eigenvalue weighted by atomic mass is 10.2. The molecule has 1 aromatic heterocycles. The van der Waals surface area contributed by atoms with Crippen LogP contribution in [0.25, 0.3) is 0 Å². The Morgan fingerprint density at radius 1 is 1.53 bits per heavy atom. The molecule has 0 fully saturated rings. The average molecular weight is 257 g/mol. The molecule has 0 saturated carbocycles. The van der Waals surface area contributed by atoms with E-state index >= 15 is 0 Å². The van der Waals surface area contributed by atoms with Gasteiger partial charge in [0.15, 0.2) is 0 Å². The Morgan fingerprint density at radius 2 is 2.29 bits per heavy atom. The molecular formula is C12H19NO3S. The van der Waals surface area contributed by atoms with Gasteiger partial charge in [-0.25, -0.2) is 4.79 Å². The van der Waals surface area contributed by atoms with Gasteiger partial charge in [0.1, 0.15) is 6.10 Å². The molecule has 0 unspecified atom stereocenters. The molecule has 1 aromatic rings. The maximum Gasteiger partial charge on any atom is 0.508 e. The van der Waals surface area contributed by atoms with Gasteiger partial charge in [-0.15, -0.1) is 11.3 Å². The summed E-state index contributed by atoms with van der Waals surface area (Å²) in [6.07, 6.45) is -0.0344. The number of hydrogen-bond acceptors (Lipinski definition) is 5. The molecule has 0 saturated heterocycles. The van der Waals surface area contributed by atoms with Gasteiger partial charge in [-0.05, 0) is 32.5 Å². The summed E-state index contributed by atoms with van der Waals surface area (Å²) in [7, 11) is 3.99. The largest absolute Gasteiger partial charge is 0.508 e. The monoisotopic (exact) mass is 257 g/mol. The second-order valence-corrected chi connectivity index (χ2v) is 4.88. The third-order valence-corrected chi connectivity index (χ3v) is 3.16. The summed E-state index contributed by atoms with van der Waals surface area (Å²) < 4.78 is 10.1. The number of thiophene rings is 1. The molecule has 0 aromatic carbocycles. The minimum atomic E-state index is -0.593. The second-order valence-electron chi connectivity index (χ2n) is 3.90. The number of nitrogens with zero attached hydrogens (tertiary/aromatic N) is 1. The normalized spacial score (nSPS) is 12.5. The van der Waals surface area contributed by atoms with Gasteiger partial charge in [0.25, 0.3) is 0 Å². The van der Waals surface area contributed by atoms with Crippen LogP contribution < -0.4 is 0 Å². The maximum atomic E-state index is 11.3. The summed E-state index contributed by atoms with van der Waals surface area (Å²) in [5.74, 6) is 0. The third kappa shape index (κ3) is 5.19. The summed E-state index contributed by atoms with van der Waals surface area (Å²) in [4.78, 5) is 14.5. The van der Waals surface area contributed by atoms with Gasteiger partial charge in [0, 0.05) is 17.8 Å². The number of carbonyl (C=O) groups is 1. The molecule has 0 spiro atoms. The van der Waals surface area contributed by atoms with Crippen molar-refractivity contribution in [1.82, 2.24) is 4.90 Å². The molecule has 17 heavy (non-hydrogen) atoms. The van der Waals surface area contributed by atoms with Crippen molar-refractivity contribution in [2.45, 2.75) is 19.4 Å².